The van der Waals surface area contributed by atoms with E-state index in [4.69, 9.17) is 0 Å². The summed E-state index contributed by atoms with van der Waals surface area (Å²) in [6.07, 6.45) is 3.35. The summed E-state index contributed by atoms with van der Waals surface area (Å²) >= 11 is 1.21. The number of imide groups is 1. The molecule has 1 aromatic rings. The largest absolute Gasteiger partial charge is 0.302 e. The number of amides is 2. The van der Waals surface area contributed by atoms with E-state index in [0.717, 1.165) is 0 Å². The van der Waals surface area contributed by atoms with E-state index in [0.29, 0.717) is 43.3 Å². The molecule has 0 unspecified atom stereocenters. The molecule has 136 valence electrons. The van der Waals surface area contributed by atoms with Gasteiger partial charge in [0, 0.05) is 25.4 Å². The minimum Gasteiger partial charge on any atom is -0.302 e. The highest BCUT2D eigenvalue weighted by Gasteiger charge is 2.33. The Morgan fingerprint density at radius 2 is 2.20 bits per heavy atom. The molecule has 3 heterocycles. The zero-order valence-corrected chi connectivity index (χ0v) is 15.4. The first-order chi connectivity index (χ1) is 11.9. The van der Waals surface area contributed by atoms with Gasteiger partial charge >= 0.3 is 0 Å². The predicted molar refractivity (Wildman–Crippen MR) is 92.9 cm³/mol. The number of hydrogen-bond acceptors (Lipinski definition) is 7. The van der Waals surface area contributed by atoms with Crippen molar-refractivity contribution in [3.63, 3.8) is 0 Å². The summed E-state index contributed by atoms with van der Waals surface area (Å²) in [6, 6.07) is 0. The van der Waals surface area contributed by atoms with Crippen LogP contribution in [0.4, 0.5) is 0 Å². The van der Waals surface area contributed by atoms with Crippen LogP contribution in [0.25, 0.3) is 0 Å². The van der Waals surface area contributed by atoms with Crippen LogP contribution in [0.3, 0.4) is 0 Å². The van der Waals surface area contributed by atoms with Gasteiger partial charge in [-0.25, -0.2) is 8.42 Å². The quantitative estimate of drug-likeness (QED) is 0.523. The Morgan fingerprint density at radius 1 is 1.40 bits per heavy atom. The highest BCUT2D eigenvalue weighted by atomic mass is 32.2. The van der Waals surface area contributed by atoms with E-state index in [2.05, 4.69) is 16.8 Å². The van der Waals surface area contributed by atoms with Crippen molar-refractivity contribution in [1.29, 1.82) is 0 Å². The Kier molecular flexibility index (Phi) is 5.28. The van der Waals surface area contributed by atoms with Crippen molar-refractivity contribution < 1.29 is 18.0 Å². The first kappa shape index (κ1) is 18.1. The normalized spacial score (nSPS) is 22.5. The Hall–Kier alpha value is -1.68. The lowest BCUT2D eigenvalue weighted by molar-refractivity contribution is -0.140. The number of likely N-dealkylation sites (tertiary alicyclic amines) is 1. The second-order valence-corrected chi connectivity index (χ2v) is 9.34. The Balaban J connectivity index is 1.72. The van der Waals surface area contributed by atoms with Crippen molar-refractivity contribution in [2.45, 2.75) is 36.9 Å². The second-order valence-electron chi connectivity index (χ2n) is 6.17. The third kappa shape index (κ3) is 3.95. The van der Waals surface area contributed by atoms with Crippen molar-refractivity contribution in [3.8, 4) is 0 Å². The molecule has 0 radical (unpaired) electrons. The van der Waals surface area contributed by atoms with E-state index in [1.54, 1.807) is 6.08 Å². The fourth-order valence-electron chi connectivity index (χ4n) is 3.12. The molecule has 1 atom stereocenters. The van der Waals surface area contributed by atoms with Gasteiger partial charge in [0.25, 0.3) is 0 Å². The van der Waals surface area contributed by atoms with Crippen LogP contribution in [0.2, 0.25) is 0 Å². The van der Waals surface area contributed by atoms with Crippen LogP contribution in [0.15, 0.2) is 17.8 Å². The molecule has 25 heavy (non-hydrogen) atoms. The number of carbonyl (C=O) groups excluding carboxylic acids is 2. The van der Waals surface area contributed by atoms with Crippen LogP contribution in [0.5, 0.6) is 0 Å². The molecule has 2 amide bonds. The molecule has 0 aromatic carbocycles. The molecule has 0 spiro atoms. The monoisotopic (exact) mass is 384 g/mol. The maximum absolute atomic E-state index is 12.2. The van der Waals surface area contributed by atoms with Crippen molar-refractivity contribution in [1.82, 2.24) is 19.7 Å². The van der Waals surface area contributed by atoms with Crippen LogP contribution < -0.4 is 0 Å². The SMILES string of the molecule is C=CCn1c(SCC(=O)N2CCCC2=O)nnc1[C@@H]1CCS(=O)(=O)C1. The van der Waals surface area contributed by atoms with E-state index >= 15 is 0 Å². The molecule has 0 bridgehead atoms. The summed E-state index contributed by atoms with van der Waals surface area (Å²) in [6.45, 7) is 4.63. The van der Waals surface area contributed by atoms with Crippen LogP contribution in [0.1, 0.15) is 31.0 Å². The minimum absolute atomic E-state index is 0.0775. The van der Waals surface area contributed by atoms with Crippen molar-refractivity contribution in [2.75, 3.05) is 23.8 Å². The molecular weight excluding hydrogens is 364 g/mol. The Labute approximate surface area is 150 Å². The van der Waals surface area contributed by atoms with Crippen molar-refractivity contribution in [2.24, 2.45) is 0 Å². The summed E-state index contributed by atoms with van der Waals surface area (Å²) < 4.78 is 25.2. The molecule has 2 fully saturated rings. The van der Waals surface area contributed by atoms with E-state index < -0.39 is 9.84 Å². The van der Waals surface area contributed by atoms with Crippen LogP contribution in [-0.4, -0.2) is 63.7 Å². The highest BCUT2D eigenvalue weighted by molar-refractivity contribution is 7.99. The summed E-state index contributed by atoms with van der Waals surface area (Å²) in [7, 11) is -3.02. The van der Waals surface area contributed by atoms with Gasteiger partial charge in [0.05, 0.1) is 17.3 Å². The predicted octanol–water partition coefficient (Wildman–Crippen LogP) is 0.607. The lowest BCUT2D eigenvalue weighted by Gasteiger charge is -2.14. The van der Waals surface area contributed by atoms with Gasteiger partial charge in [0.2, 0.25) is 11.8 Å². The lowest BCUT2D eigenvalue weighted by Crippen LogP contribution is -2.33. The van der Waals surface area contributed by atoms with E-state index in [1.807, 2.05) is 4.57 Å². The Morgan fingerprint density at radius 3 is 2.80 bits per heavy atom. The number of sulfone groups is 1. The maximum Gasteiger partial charge on any atom is 0.239 e. The lowest BCUT2D eigenvalue weighted by atomic mass is 10.1. The summed E-state index contributed by atoms with van der Waals surface area (Å²) in [5, 5.41) is 8.82. The van der Waals surface area contributed by atoms with Crippen LogP contribution >= 0.6 is 11.8 Å². The van der Waals surface area contributed by atoms with E-state index in [1.165, 1.54) is 16.7 Å². The molecule has 2 saturated heterocycles. The fourth-order valence-corrected chi connectivity index (χ4v) is 5.69. The van der Waals surface area contributed by atoms with Gasteiger partial charge in [-0.1, -0.05) is 17.8 Å². The van der Waals surface area contributed by atoms with E-state index in [-0.39, 0.29) is 35.0 Å². The van der Waals surface area contributed by atoms with Gasteiger partial charge in [-0.2, -0.15) is 0 Å². The second kappa shape index (κ2) is 7.28. The minimum atomic E-state index is -3.02. The third-order valence-corrected chi connectivity index (χ3v) is 7.07. The number of hydrogen-bond donors (Lipinski definition) is 0. The standard InChI is InChI=1S/C15H20N4O4S2/c1-2-6-19-14(11-5-8-25(22,23)10-11)16-17-15(19)24-9-13(21)18-7-3-4-12(18)20/h2,11H,1,3-10H2/t11-/m1/s1. The topological polar surface area (TPSA) is 102 Å². The third-order valence-electron chi connectivity index (χ3n) is 4.35. The molecule has 0 aliphatic carbocycles. The molecule has 3 rings (SSSR count). The maximum atomic E-state index is 12.2. The number of allylic oxidation sites excluding steroid dienone is 1. The molecule has 0 N–H and O–H groups in total. The fraction of sp³-hybridized carbons (Fsp3) is 0.600. The van der Waals surface area contributed by atoms with Gasteiger partial charge in [-0.15, -0.1) is 16.8 Å². The summed E-state index contributed by atoms with van der Waals surface area (Å²) in [5.41, 5.74) is 0. The number of carbonyl (C=O) groups is 2. The molecule has 8 nitrogen and oxygen atoms in total. The van der Waals surface area contributed by atoms with Crippen molar-refractivity contribution >= 4 is 33.4 Å². The summed E-state index contributed by atoms with van der Waals surface area (Å²) in [4.78, 5) is 25.1. The first-order valence-electron chi connectivity index (χ1n) is 8.11. The molecule has 2 aliphatic rings. The Bertz CT molecular complexity index is 802. The van der Waals surface area contributed by atoms with Crippen LogP contribution in [-0.2, 0) is 26.0 Å². The van der Waals surface area contributed by atoms with Gasteiger partial charge < -0.3 is 4.57 Å². The average molecular weight is 384 g/mol. The molecule has 10 heteroatoms. The van der Waals surface area contributed by atoms with Gasteiger partial charge in [0.1, 0.15) is 5.82 Å². The molecular formula is C15H20N4O4S2. The molecule has 0 saturated carbocycles. The van der Waals surface area contributed by atoms with E-state index in [9.17, 15) is 18.0 Å². The average Bonchev–Trinajstić information content (AvgIpc) is 3.24. The van der Waals surface area contributed by atoms with Gasteiger partial charge in [-0.05, 0) is 12.8 Å². The zero-order valence-electron chi connectivity index (χ0n) is 13.8. The summed E-state index contributed by atoms with van der Waals surface area (Å²) in [5.74, 6) is 0.422. The zero-order chi connectivity index (χ0) is 18.0. The van der Waals surface area contributed by atoms with Crippen molar-refractivity contribution in [3.05, 3.63) is 18.5 Å². The first-order valence-corrected chi connectivity index (χ1v) is 10.9. The number of aromatic nitrogens is 3. The number of thioether (sulfide) groups is 1. The van der Waals surface area contributed by atoms with Gasteiger partial charge in [-0.3, -0.25) is 14.5 Å². The molecule has 2 aliphatic heterocycles. The van der Waals surface area contributed by atoms with Crippen LogP contribution in [0, 0.1) is 0 Å². The number of nitrogens with zero attached hydrogens (tertiary/aromatic N) is 4. The molecule has 1 aromatic heterocycles. The smallest absolute Gasteiger partial charge is 0.239 e. The van der Waals surface area contributed by atoms with Gasteiger partial charge in [0.15, 0.2) is 15.0 Å². The highest BCUT2D eigenvalue weighted by Crippen LogP contribution is 2.30. The number of rotatable bonds is 6.